The van der Waals surface area contributed by atoms with Crippen molar-refractivity contribution in [3.63, 3.8) is 0 Å². The molecule has 0 aliphatic heterocycles. The molecule has 0 aromatic heterocycles. The van der Waals surface area contributed by atoms with E-state index >= 15 is 0 Å². The molecule has 0 spiro atoms. The SMILES string of the molecule is CCCCC(CC)C(S(=O)[O-])S(=O)[O-]. The Balaban J connectivity index is 4.42. The first kappa shape index (κ1) is 14.2. The Bertz CT molecular complexity index is 194. The van der Waals surface area contributed by atoms with Gasteiger partial charge in [0.25, 0.3) is 0 Å². The third-order valence-electron chi connectivity index (χ3n) is 2.22. The van der Waals surface area contributed by atoms with E-state index < -0.39 is 26.7 Å². The van der Waals surface area contributed by atoms with Crippen molar-refractivity contribution in [3.8, 4) is 0 Å². The third kappa shape index (κ3) is 4.63. The molecule has 0 N–H and O–H groups in total. The van der Waals surface area contributed by atoms with Gasteiger partial charge in [0, 0.05) is 0 Å². The minimum absolute atomic E-state index is 0.272. The highest BCUT2D eigenvalue weighted by Gasteiger charge is 2.21. The van der Waals surface area contributed by atoms with E-state index in [0.29, 0.717) is 12.8 Å². The molecule has 0 heterocycles. The van der Waals surface area contributed by atoms with Crippen LogP contribution in [0.15, 0.2) is 0 Å². The Morgan fingerprint density at radius 3 is 1.93 bits per heavy atom. The zero-order valence-electron chi connectivity index (χ0n) is 8.43. The molecule has 0 aromatic rings. The summed E-state index contributed by atoms with van der Waals surface area (Å²) in [4.78, 5) is 0. The summed E-state index contributed by atoms with van der Waals surface area (Å²) in [5.41, 5.74) is 0. The van der Waals surface area contributed by atoms with E-state index in [9.17, 15) is 17.5 Å². The Morgan fingerprint density at radius 2 is 1.64 bits per heavy atom. The normalized spacial score (nSPS) is 20.0. The van der Waals surface area contributed by atoms with E-state index in [2.05, 4.69) is 0 Å². The highest BCUT2D eigenvalue weighted by molar-refractivity contribution is 7.97. The molecule has 0 aliphatic rings. The van der Waals surface area contributed by atoms with Crippen LogP contribution in [0.4, 0.5) is 0 Å². The van der Waals surface area contributed by atoms with Crippen LogP contribution in [0.5, 0.6) is 0 Å². The van der Waals surface area contributed by atoms with Crippen molar-refractivity contribution in [1.82, 2.24) is 0 Å². The fourth-order valence-corrected chi connectivity index (χ4v) is 3.18. The molecule has 0 fully saturated rings. The predicted octanol–water partition coefficient (Wildman–Crippen LogP) is 1.29. The minimum atomic E-state index is -2.53. The summed E-state index contributed by atoms with van der Waals surface area (Å²) in [7, 11) is 0. The van der Waals surface area contributed by atoms with Crippen LogP contribution in [-0.2, 0) is 22.2 Å². The molecule has 0 bridgehead atoms. The molecule has 0 radical (unpaired) electrons. The Morgan fingerprint density at radius 1 is 1.14 bits per heavy atom. The second-order valence-electron chi connectivity index (χ2n) is 3.20. The van der Waals surface area contributed by atoms with Gasteiger partial charge in [0.05, 0.1) is 4.58 Å². The van der Waals surface area contributed by atoms with Crippen LogP contribution in [0, 0.1) is 5.92 Å². The van der Waals surface area contributed by atoms with Crippen LogP contribution in [0.25, 0.3) is 0 Å². The third-order valence-corrected chi connectivity index (χ3v) is 4.69. The van der Waals surface area contributed by atoms with Gasteiger partial charge in [-0.15, -0.1) is 0 Å². The van der Waals surface area contributed by atoms with Crippen molar-refractivity contribution >= 4 is 22.2 Å². The molecule has 0 rings (SSSR count). The summed E-state index contributed by atoms with van der Waals surface area (Å²) < 4.78 is 41.6. The smallest absolute Gasteiger partial charge is 0.0864 e. The molecule has 0 saturated heterocycles. The lowest BCUT2D eigenvalue weighted by atomic mass is 10.0. The molecule has 14 heavy (non-hydrogen) atoms. The van der Waals surface area contributed by atoms with Gasteiger partial charge < -0.3 is 9.11 Å². The second kappa shape index (κ2) is 7.50. The number of hydrogen-bond acceptors (Lipinski definition) is 4. The summed E-state index contributed by atoms with van der Waals surface area (Å²) in [5, 5.41) is 0. The highest BCUT2D eigenvalue weighted by atomic mass is 32.3. The van der Waals surface area contributed by atoms with Gasteiger partial charge in [0.1, 0.15) is 0 Å². The van der Waals surface area contributed by atoms with E-state index in [4.69, 9.17) is 0 Å². The van der Waals surface area contributed by atoms with Crippen molar-refractivity contribution in [2.45, 2.75) is 44.1 Å². The Kier molecular flexibility index (Phi) is 7.62. The van der Waals surface area contributed by atoms with Crippen LogP contribution < -0.4 is 0 Å². The summed E-state index contributed by atoms with van der Waals surface area (Å²) in [6, 6.07) is 0. The molecule has 4 nitrogen and oxygen atoms in total. The molecule has 0 aliphatic carbocycles. The van der Waals surface area contributed by atoms with Gasteiger partial charge >= 0.3 is 0 Å². The molecule has 86 valence electrons. The van der Waals surface area contributed by atoms with Crippen molar-refractivity contribution < 1.29 is 17.5 Å². The summed E-state index contributed by atoms with van der Waals surface area (Å²) in [6.07, 6.45) is 3.04. The van der Waals surface area contributed by atoms with E-state index in [-0.39, 0.29) is 5.92 Å². The van der Waals surface area contributed by atoms with Gasteiger partial charge in [-0.2, -0.15) is 0 Å². The van der Waals surface area contributed by atoms with E-state index in [0.717, 1.165) is 12.8 Å². The fourth-order valence-electron chi connectivity index (χ4n) is 1.38. The van der Waals surface area contributed by atoms with Crippen LogP contribution in [0.2, 0.25) is 0 Å². The fraction of sp³-hybridized carbons (Fsp3) is 1.00. The van der Waals surface area contributed by atoms with Gasteiger partial charge in [0.15, 0.2) is 0 Å². The maximum atomic E-state index is 10.7. The van der Waals surface area contributed by atoms with Crippen molar-refractivity contribution in [3.05, 3.63) is 0 Å². The predicted molar refractivity (Wildman–Crippen MR) is 54.9 cm³/mol. The zero-order valence-corrected chi connectivity index (χ0v) is 10.1. The molecule has 0 saturated carbocycles. The molecular weight excluding hydrogens is 224 g/mol. The first-order valence-corrected chi connectivity index (χ1v) is 6.98. The van der Waals surface area contributed by atoms with Crippen LogP contribution in [0.3, 0.4) is 0 Å². The highest BCUT2D eigenvalue weighted by Crippen LogP contribution is 2.22. The summed E-state index contributed by atoms with van der Waals surface area (Å²) in [6.45, 7) is 3.80. The van der Waals surface area contributed by atoms with Crippen LogP contribution in [0.1, 0.15) is 39.5 Å². The van der Waals surface area contributed by atoms with Crippen LogP contribution in [-0.4, -0.2) is 22.1 Å². The largest absolute Gasteiger partial charge is 0.771 e. The number of hydrogen-bond donors (Lipinski definition) is 0. The second-order valence-corrected chi connectivity index (χ2v) is 5.56. The van der Waals surface area contributed by atoms with Gasteiger partial charge in [-0.3, -0.25) is 8.42 Å². The lowest BCUT2D eigenvalue weighted by Crippen LogP contribution is -2.29. The van der Waals surface area contributed by atoms with Crippen molar-refractivity contribution in [1.29, 1.82) is 0 Å². The van der Waals surface area contributed by atoms with Crippen molar-refractivity contribution in [2.24, 2.45) is 5.92 Å². The van der Waals surface area contributed by atoms with E-state index in [1.54, 1.807) is 0 Å². The summed E-state index contributed by atoms with van der Waals surface area (Å²) >= 11 is -5.06. The summed E-state index contributed by atoms with van der Waals surface area (Å²) in [5.74, 6) is -0.272. The van der Waals surface area contributed by atoms with Gasteiger partial charge in [-0.05, 0) is 34.5 Å². The van der Waals surface area contributed by atoms with Gasteiger partial charge in [0.2, 0.25) is 0 Å². The minimum Gasteiger partial charge on any atom is -0.771 e. The van der Waals surface area contributed by atoms with E-state index in [1.807, 2.05) is 13.8 Å². The molecule has 3 unspecified atom stereocenters. The average molecular weight is 240 g/mol. The van der Waals surface area contributed by atoms with Gasteiger partial charge in [-0.1, -0.05) is 33.1 Å². The molecule has 0 aromatic carbocycles. The lowest BCUT2D eigenvalue weighted by Gasteiger charge is -2.29. The quantitative estimate of drug-likeness (QED) is 0.628. The number of unbranched alkanes of at least 4 members (excludes halogenated alkanes) is 1. The monoisotopic (exact) mass is 240 g/mol. The standard InChI is InChI=1S/C8H18O4S2/c1-3-5-6-7(4-2)8(13(9)10)14(11)12/h7-8H,3-6H2,1-2H3,(H,9,10)(H,11,12)/p-2. The first-order valence-electron chi connectivity index (χ1n) is 4.70. The maximum Gasteiger partial charge on any atom is 0.0864 e. The lowest BCUT2D eigenvalue weighted by molar-refractivity contribution is 0.432. The van der Waals surface area contributed by atoms with E-state index in [1.165, 1.54) is 0 Å². The number of rotatable bonds is 7. The molecular formula is C8H16O4S2-2. The van der Waals surface area contributed by atoms with Crippen LogP contribution >= 0.6 is 0 Å². The topological polar surface area (TPSA) is 80.3 Å². The Hall–Kier alpha value is 0.220. The van der Waals surface area contributed by atoms with Gasteiger partial charge in [-0.25, -0.2) is 0 Å². The molecule has 0 amide bonds. The molecule has 6 heteroatoms. The zero-order chi connectivity index (χ0) is 11.1. The first-order chi connectivity index (χ1) is 6.54. The average Bonchev–Trinajstić information content (AvgIpc) is 2.10. The molecule has 3 atom stereocenters. The Labute approximate surface area is 90.0 Å². The maximum absolute atomic E-state index is 10.7. The van der Waals surface area contributed by atoms with Crippen molar-refractivity contribution in [2.75, 3.05) is 0 Å².